The van der Waals surface area contributed by atoms with Gasteiger partial charge in [-0.1, -0.05) is 66.7 Å². The van der Waals surface area contributed by atoms with Gasteiger partial charge in [-0.3, -0.25) is 0 Å². The molecule has 7 rings (SSSR count). The topological polar surface area (TPSA) is 59.6 Å². The number of hydrogen-bond donors (Lipinski definition) is 2. The van der Waals surface area contributed by atoms with E-state index in [4.69, 9.17) is 9.47 Å². The number of nitrogens with one attached hydrogen (secondary N) is 2. The highest BCUT2D eigenvalue weighted by atomic mass is 16.6. The van der Waals surface area contributed by atoms with Crippen LogP contribution in [0.1, 0.15) is 38.2 Å². The van der Waals surface area contributed by atoms with Crippen molar-refractivity contribution in [2.75, 3.05) is 10.6 Å². The van der Waals surface area contributed by atoms with E-state index in [9.17, 15) is 4.79 Å². The minimum Gasteiger partial charge on any atom is -0.456 e. The van der Waals surface area contributed by atoms with Crippen molar-refractivity contribution in [3.8, 4) is 11.5 Å². The van der Waals surface area contributed by atoms with Crippen LogP contribution in [-0.4, -0.2) is 5.97 Å². The number of para-hydroxylation sites is 1. The SMILES string of the molecule is Cc1c(NCc2ccccc2)ccc2c1Oc1ccc(Nc3ccccc3)cc1C21OC(=O)c2ccccc21. The summed E-state index contributed by atoms with van der Waals surface area (Å²) in [6, 6.07) is 37.9. The number of hydrogen-bond acceptors (Lipinski definition) is 5. The molecule has 0 fully saturated rings. The Hall–Kier alpha value is -5.03. The second-order valence-corrected chi connectivity index (χ2v) is 9.87. The van der Waals surface area contributed by atoms with Crippen LogP contribution in [0.5, 0.6) is 11.5 Å². The first-order valence-electron chi connectivity index (χ1n) is 13.0. The van der Waals surface area contributed by atoms with Gasteiger partial charge in [0.2, 0.25) is 0 Å². The van der Waals surface area contributed by atoms with Crippen molar-refractivity contribution in [1.82, 2.24) is 0 Å². The largest absolute Gasteiger partial charge is 0.456 e. The van der Waals surface area contributed by atoms with Gasteiger partial charge in [-0.2, -0.15) is 0 Å². The second kappa shape index (κ2) is 9.07. The molecule has 39 heavy (non-hydrogen) atoms. The lowest BCUT2D eigenvalue weighted by molar-refractivity contribution is 0.0224. The lowest BCUT2D eigenvalue weighted by atomic mass is 9.77. The van der Waals surface area contributed by atoms with Crippen LogP contribution in [0, 0.1) is 6.92 Å². The van der Waals surface area contributed by atoms with Crippen molar-refractivity contribution in [2.24, 2.45) is 0 Å². The number of esters is 1. The van der Waals surface area contributed by atoms with Crippen molar-refractivity contribution in [1.29, 1.82) is 0 Å². The summed E-state index contributed by atoms with van der Waals surface area (Å²) in [5.41, 5.74) is 6.84. The molecule has 2 aliphatic heterocycles. The first-order chi connectivity index (χ1) is 19.1. The Bertz CT molecular complexity index is 1720. The van der Waals surface area contributed by atoms with Crippen molar-refractivity contribution in [3.05, 3.63) is 149 Å². The number of rotatable bonds is 5. The predicted molar refractivity (Wildman–Crippen MR) is 153 cm³/mol. The smallest absolute Gasteiger partial charge is 0.340 e. The third kappa shape index (κ3) is 3.74. The molecule has 5 nitrogen and oxygen atoms in total. The average Bonchev–Trinajstić information content (AvgIpc) is 3.27. The van der Waals surface area contributed by atoms with Crippen LogP contribution in [-0.2, 0) is 16.9 Å². The molecule has 5 aromatic rings. The Balaban J connectivity index is 1.37. The Kier molecular flexibility index (Phi) is 5.37. The highest BCUT2D eigenvalue weighted by Gasteiger charge is 2.54. The first kappa shape index (κ1) is 23.1. The molecule has 0 amide bonds. The number of carbonyl (C=O) groups is 1. The minimum atomic E-state index is -1.12. The average molecular weight is 511 g/mol. The molecule has 0 bridgehead atoms. The monoisotopic (exact) mass is 510 g/mol. The van der Waals surface area contributed by atoms with Gasteiger partial charge in [0.1, 0.15) is 11.5 Å². The Morgan fingerprint density at radius 3 is 2.28 bits per heavy atom. The van der Waals surface area contributed by atoms with E-state index in [1.807, 2.05) is 110 Å². The Labute approximate surface area is 227 Å². The summed E-state index contributed by atoms with van der Waals surface area (Å²) in [4.78, 5) is 13.3. The molecule has 2 N–H and O–H groups in total. The molecule has 1 atom stereocenters. The van der Waals surface area contributed by atoms with E-state index in [1.54, 1.807) is 0 Å². The molecule has 2 heterocycles. The van der Waals surface area contributed by atoms with E-state index in [0.717, 1.165) is 39.3 Å². The zero-order valence-corrected chi connectivity index (χ0v) is 21.4. The van der Waals surface area contributed by atoms with Gasteiger partial charge in [0.15, 0.2) is 5.60 Å². The summed E-state index contributed by atoms with van der Waals surface area (Å²) in [5, 5.41) is 7.02. The van der Waals surface area contributed by atoms with E-state index in [0.29, 0.717) is 23.6 Å². The third-order valence-electron chi connectivity index (χ3n) is 7.52. The normalized spacial score (nSPS) is 16.5. The zero-order chi connectivity index (χ0) is 26.4. The van der Waals surface area contributed by atoms with Gasteiger partial charge in [-0.15, -0.1) is 0 Å². The molecule has 190 valence electrons. The van der Waals surface area contributed by atoms with Gasteiger partial charge in [0.05, 0.1) is 5.56 Å². The van der Waals surface area contributed by atoms with Gasteiger partial charge in [-0.05, 0) is 61.0 Å². The number of fused-ring (bicyclic) bond motifs is 6. The molecule has 0 radical (unpaired) electrons. The number of benzene rings is 5. The summed E-state index contributed by atoms with van der Waals surface area (Å²) < 4.78 is 13.0. The van der Waals surface area contributed by atoms with Crippen LogP contribution in [0.25, 0.3) is 0 Å². The van der Waals surface area contributed by atoms with E-state index < -0.39 is 5.60 Å². The fraction of sp³-hybridized carbons (Fsp3) is 0.0882. The highest BCUT2D eigenvalue weighted by molar-refractivity contribution is 5.97. The van der Waals surface area contributed by atoms with Gasteiger partial charge >= 0.3 is 5.97 Å². The Morgan fingerprint density at radius 1 is 0.718 bits per heavy atom. The third-order valence-corrected chi connectivity index (χ3v) is 7.52. The van der Waals surface area contributed by atoms with E-state index in [1.165, 1.54) is 5.56 Å². The predicted octanol–water partition coefficient (Wildman–Crippen LogP) is 7.92. The molecule has 1 unspecified atom stereocenters. The van der Waals surface area contributed by atoms with Crippen LogP contribution in [0.2, 0.25) is 0 Å². The lowest BCUT2D eigenvalue weighted by Crippen LogP contribution is -2.33. The Morgan fingerprint density at radius 2 is 1.46 bits per heavy atom. The number of carbonyl (C=O) groups excluding carboxylic acids is 1. The van der Waals surface area contributed by atoms with E-state index in [-0.39, 0.29) is 5.97 Å². The zero-order valence-electron chi connectivity index (χ0n) is 21.4. The molecule has 1 spiro atoms. The molecular weight excluding hydrogens is 484 g/mol. The van der Waals surface area contributed by atoms with E-state index >= 15 is 0 Å². The van der Waals surface area contributed by atoms with Crippen molar-refractivity contribution < 1.29 is 14.3 Å². The van der Waals surface area contributed by atoms with Crippen LogP contribution in [0.4, 0.5) is 17.1 Å². The molecule has 0 saturated carbocycles. The summed E-state index contributed by atoms with van der Waals surface area (Å²) in [5.74, 6) is 1.03. The van der Waals surface area contributed by atoms with Crippen molar-refractivity contribution in [3.63, 3.8) is 0 Å². The maximum absolute atomic E-state index is 13.3. The standard InChI is InChI=1S/C34H26N2O3/c1-22-30(35-21-23-10-4-2-5-11-23)18-17-28-32(22)38-31-19-16-25(36-24-12-6-3-7-13-24)20-29(31)34(28)27-15-9-8-14-26(27)33(37)39-34/h2-20,35-36H,21H2,1H3. The first-order valence-corrected chi connectivity index (χ1v) is 13.0. The summed E-state index contributed by atoms with van der Waals surface area (Å²) in [6.45, 7) is 2.73. The maximum atomic E-state index is 13.3. The molecule has 5 aromatic carbocycles. The van der Waals surface area contributed by atoms with Gasteiger partial charge < -0.3 is 20.1 Å². The fourth-order valence-electron chi connectivity index (χ4n) is 5.62. The summed E-state index contributed by atoms with van der Waals surface area (Å²) in [6.07, 6.45) is 0. The van der Waals surface area contributed by atoms with Crippen LogP contribution < -0.4 is 15.4 Å². The minimum absolute atomic E-state index is 0.338. The lowest BCUT2D eigenvalue weighted by Gasteiger charge is -2.37. The summed E-state index contributed by atoms with van der Waals surface area (Å²) in [7, 11) is 0. The second-order valence-electron chi connectivity index (χ2n) is 9.87. The van der Waals surface area contributed by atoms with Gasteiger partial charge in [-0.25, -0.2) is 4.79 Å². The molecule has 0 aromatic heterocycles. The molecule has 0 saturated heterocycles. The molecule has 5 heteroatoms. The maximum Gasteiger partial charge on any atom is 0.340 e. The molecular formula is C34H26N2O3. The van der Waals surface area contributed by atoms with Gasteiger partial charge in [0, 0.05) is 45.9 Å². The van der Waals surface area contributed by atoms with Crippen LogP contribution >= 0.6 is 0 Å². The molecule has 2 aliphatic rings. The summed E-state index contributed by atoms with van der Waals surface area (Å²) >= 11 is 0. The number of anilines is 3. The number of ether oxygens (including phenoxy) is 2. The van der Waals surface area contributed by atoms with Gasteiger partial charge in [0.25, 0.3) is 0 Å². The fourth-order valence-corrected chi connectivity index (χ4v) is 5.62. The van der Waals surface area contributed by atoms with Crippen molar-refractivity contribution >= 4 is 23.0 Å². The van der Waals surface area contributed by atoms with Crippen LogP contribution in [0.15, 0.2) is 115 Å². The van der Waals surface area contributed by atoms with Crippen LogP contribution in [0.3, 0.4) is 0 Å². The quantitative estimate of drug-likeness (QED) is 0.235. The van der Waals surface area contributed by atoms with Crippen molar-refractivity contribution in [2.45, 2.75) is 19.1 Å². The molecule has 0 aliphatic carbocycles. The van der Waals surface area contributed by atoms with E-state index in [2.05, 4.69) is 22.8 Å². The highest BCUT2D eigenvalue weighted by Crippen LogP contribution is 2.57.